The van der Waals surface area contributed by atoms with Crippen LogP contribution in [0.2, 0.25) is 0 Å². The summed E-state index contributed by atoms with van der Waals surface area (Å²) in [6, 6.07) is 4.52. The molecule has 0 fully saturated rings. The van der Waals surface area contributed by atoms with E-state index in [0.29, 0.717) is 6.04 Å². The standard InChI is InChI=1S/C12H20BrN3/c1-10(2)14-7-8-16(3)9-12-11(13)5-4-6-15-12/h4-6,10,14H,7-9H2,1-3H3. The molecular formula is C12H20BrN3. The first-order chi connectivity index (χ1) is 7.59. The molecule has 0 aliphatic heterocycles. The van der Waals surface area contributed by atoms with Gasteiger partial charge in [-0.2, -0.15) is 0 Å². The molecular weight excluding hydrogens is 266 g/mol. The highest BCUT2D eigenvalue weighted by Crippen LogP contribution is 2.14. The van der Waals surface area contributed by atoms with Crippen LogP contribution in [-0.4, -0.2) is 36.1 Å². The minimum Gasteiger partial charge on any atom is -0.313 e. The predicted octanol–water partition coefficient (Wildman–Crippen LogP) is 2.27. The average molecular weight is 286 g/mol. The van der Waals surface area contributed by atoms with Gasteiger partial charge in [-0.25, -0.2) is 0 Å². The second-order valence-corrected chi connectivity index (χ2v) is 5.13. The van der Waals surface area contributed by atoms with Crippen LogP contribution in [0, 0.1) is 0 Å². The summed E-state index contributed by atoms with van der Waals surface area (Å²) in [6.45, 7) is 7.24. The van der Waals surface area contributed by atoms with Crippen LogP contribution in [0.3, 0.4) is 0 Å². The van der Waals surface area contributed by atoms with Crippen molar-refractivity contribution in [2.45, 2.75) is 26.4 Å². The van der Waals surface area contributed by atoms with Crippen molar-refractivity contribution in [3.8, 4) is 0 Å². The van der Waals surface area contributed by atoms with E-state index in [-0.39, 0.29) is 0 Å². The van der Waals surface area contributed by atoms with Crippen LogP contribution < -0.4 is 5.32 Å². The van der Waals surface area contributed by atoms with Gasteiger partial charge in [-0.1, -0.05) is 13.8 Å². The number of likely N-dealkylation sites (N-methyl/N-ethyl adjacent to an activating group) is 1. The van der Waals surface area contributed by atoms with Crippen molar-refractivity contribution >= 4 is 15.9 Å². The summed E-state index contributed by atoms with van der Waals surface area (Å²) in [5.74, 6) is 0. The van der Waals surface area contributed by atoms with Crippen LogP contribution in [-0.2, 0) is 6.54 Å². The predicted molar refractivity (Wildman–Crippen MR) is 71.4 cm³/mol. The normalized spacial score (nSPS) is 11.4. The van der Waals surface area contributed by atoms with E-state index in [1.54, 1.807) is 0 Å². The molecule has 0 aromatic carbocycles. The number of pyridine rings is 1. The zero-order chi connectivity index (χ0) is 12.0. The van der Waals surface area contributed by atoms with Gasteiger partial charge in [0.2, 0.25) is 0 Å². The van der Waals surface area contributed by atoms with E-state index in [9.17, 15) is 0 Å². The highest BCUT2D eigenvalue weighted by molar-refractivity contribution is 9.10. The van der Waals surface area contributed by atoms with Crippen molar-refractivity contribution in [3.63, 3.8) is 0 Å². The maximum atomic E-state index is 4.35. The second-order valence-electron chi connectivity index (χ2n) is 4.28. The number of aromatic nitrogens is 1. The van der Waals surface area contributed by atoms with Crippen molar-refractivity contribution in [3.05, 3.63) is 28.5 Å². The van der Waals surface area contributed by atoms with Gasteiger partial charge in [0.15, 0.2) is 0 Å². The Balaban J connectivity index is 2.34. The Kier molecular flexibility index (Phi) is 5.95. The molecule has 0 aliphatic carbocycles. The summed E-state index contributed by atoms with van der Waals surface area (Å²) in [5, 5.41) is 3.40. The van der Waals surface area contributed by atoms with E-state index in [0.717, 1.165) is 29.8 Å². The van der Waals surface area contributed by atoms with E-state index in [2.05, 4.69) is 52.0 Å². The third-order valence-corrected chi connectivity index (χ3v) is 3.02. The van der Waals surface area contributed by atoms with Crippen LogP contribution in [0.4, 0.5) is 0 Å². The number of rotatable bonds is 6. The molecule has 0 saturated carbocycles. The zero-order valence-electron chi connectivity index (χ0n) is 10.2. The van der Waals surface area contributed by atoms with Gasteiger partial charge in [0, 0.05) is 36.3 Å². The fourth-order valence-corrected chi connectivity index (χ4v) is 1.79. The van der Waals surface area contributed by atoms with Crippen LogP contribution >= 0.6 is 15.9 Å². The molecule has 90 valence electrons. The van der Waals surface area contributed by atoms with Crippen LogP contribution in [0.25, 0.3) is 0 Å². The molecule has 0 saturated heterocycles. The minimum atomic E-state index is 0.551. The number of nitrogens with zero attached hydrogens (tertiary/aromatic N) is 2. The van der Waals surface area contributed by atoms with Crippen molar-refractivity contribution in [2.24, 2.45) is 0 Å². The molecule has 0 radical (unpaired) electrons. The molecule has 0 unspecified atom stereocenters. The molecule has 1 rings (SSSR count). The highest BCUT2D eigenvalue weighted by atomic mass is 79.9. The maximum absolute atomic E-state index is 4.35. The average Bonchev–Trinajstić information content (AvgIpc) is 2.21. The Morgan fingerprint density at radius 2 is 2.25 bits per heavy atom. The zero-order valence-corrected chi connectivity index (χ0v) is 11.8. The first kappa shape index (κ1) is 13.6. The lowest BCUT2D eigenvalue weighted by atomic mass is 10.3. The third kappa shape index (κ3) is 5.05. The van der Waals surface area contributed by atoms with Gasteiger partial charge < -0.3 is 5.32 Å². The quantitative estimate of drug-likeness (QED) is 0.869. The summed E-state index contributed by atoms with van der Waals surface area (Å²) in [6.07, 6.45) is 1.83. The van der Waals surface area contributed by atoms with Crippen molar-refractivity contribution in [1.29, 1.82) is 0 Å². The molecule has 0 atom stereocenters. The van der Waals surface area contributed by atoms with Crippen LogP contribution in [0.1, 0.15) is 19.5 Å². The molecule has 1 heterocycles. The van der Waals surface area contributed by atoms with Crippen molar-refractivity contribution in [1.82, 2.24) is 15.2 Å². The summed E-state index contributed by atoms with van der Waals surface area (Å²) in [4.78, 5) is 6.62. The van der Waals surface area contributed by atoms with Gasteiger partial charge in [0.25, 0.3) is 0 Å². The van der Waals surface area contributed by atoms with Gasteiger partial charge in [0.05, 0.1) is 5.69 Å². The Bertz CT molecular complexity index is 315. The second kappa shape index (κ2) is 6.99. The molecule has 0 bridgehead atoms. The number of hydrogen-bond donors (Lipinski definition) is 1. The summed E-state index contributed by atoms with van der Waals surface area (Å²) >= 11 is 3.51. The molecule has 3 nitrogen and oxygen atoms in total. The van der Waals surface area contributed by atoms with Gasteiger partial charge >= 0.3 is 0 Å². The monoisotopic (exact) mass is 285 g/mol. The SMILES string of the molecule is CC(C)NCCN(C)Cc1ncccc1Br. The topological polar surface area (TPSA) is 28.2 Å². The number of hydrogen-bond acceptors (Lipinski definition) is 3. The lowest BCUT2D eigenvalue weighted by molar-refractivity contribution is 0.316. The fraction of sp³-hybridized carbons (Fsp3) is 0.583. The smallest absolute Gasteiger partial charge is 0.0685 e. The lowest BCUT2D eigenvalue weighted by Gasteiger charge is -2.18. The Morgan fingerprint density at radius 3 is 2.88 bits per heavy atom. The van der Waals surface area contributed by atoms with Crippen LogP contribution in [0.15, 0.2) is 22.8 Å². The number of halogens is 1. The molecule has 0 spiro atoms. The first-order valence-corrected chi connectivity index (χ1v) is 6.40. The fourth-order valence-electron chi connectivity index (χ4n) is 1.41. The van der Waals surface area contributed by atoms with Gasteiger partial charge in [-0.15, -0.1) is 0 Å². The molecule has 0 aliphatic rings. The first-order valence-electron chi connectivity index (χ1n) is 5.61. The van der Waals surface area contributed by atoms with E-state index in [4.69, 9.17) is 0 Å². The molecule has 1 N–H and O–H groups in total. The van der Waals surface area contributed by atoms with E-state index in [1.165, 1.54) is 0 Å². The Hall–Kier alpha value is -0.450. The van der Waals surface area contributed by atoms with E-state index >= 15 is 0 Å². The summed E-state index contributed by atoms with van der Waals surface area (Å²) in [5.41, 5.74) is 1.09. The molecule has 16 heavy (non-hydrogen) atoms. The molecule has 0 amide bonds. The van der Waals surface area contributed by atoms with E-state index in [1.807, 2.05) is 18.3 Å². The largest absolute Gasteiger partial charge is 0.313 e. The van der Waals surface area contributed by atoms with Gasteiger partial charge in [-0.3, -0.25) is 9.88 Å². The Labute approximate surface area is 106 Å². The van der Waals surface area contributed by atoms with Crippen molar-refractivity contribution in [2.75, 3.05) is 20.1 Å². The third-order valence-electron chi connectivity index (χ3n) is 2.30. The summed E-state index contributed by atoms with van der Waals surface area (Å²) < 4.78 is 1.08. The van der Waals surface area contributed by atoms with Gasteiger partial charge in [0.1, 0.15) is 0 Å². The molecule has 4 heteroatoms. The number of nitrogens with one attached hydrogen (secondary N) is 1. The Morgan fingerprint density at radius 1 is 1.50 bits per heavy atom. The molecule has 1 aromatic rings. The van der Waals surface area contributed by atoms with E-state index < -0.39 is 0 Å². The van der Waals surface area contributed by atoms with Crippen LogP contribution in [0.5, 0.6) is 0 Å². The maximum Gasteiger partial charge on any atom is 0.0685 e. The van der Waals surface area contributed by atoms with Crippen molar-refractivity contribution < 1.29 is 0 Å². The summed E-state index contributed by atoms with van der Waals surface area (Å²) in [7, 11) is 2.11. The minimum absolute atomic E-state index is 0.551. The van der Waals surface area contributed by atoms with Gasteiger partial charge in [-0.05, 0) is 35.1 Å². The lowest BCUT2D eigenvalue weighted by Crippen LogP contribution is -2.32. The molecule has 1 aromatic heterocycles. The highest BCUT2D eigenvalue weighted by Gasteiger charge is 2.04.